The maximum Gasteiger partial charge on any atom is 0.414 e. The van der Waals surface area contributed by atoms with Crippen LogP contribution in [0.3, 0.4) is 0 Å². The van der Waals surface area contributed by atoms with Crippen LogP contribution in [-0.2, 0) is 14.2 Å². The minimum Gasteiger partial charge on any atom is -0.481 e. The van der Waals surface area contributed by atoms with Gasteiger partial charge in [0.2, 0.25) is 0 Å². The molecule has 0 spiro atoms. The van der Waals surface area contributed by atoms with Gasteiger partial charge in [0.1, 0.15) is 0 Å². The molecule has 0 rings (SSSR count). The molecule has 2 unspecified atom stereocenters. The Hall–Kier alpha value is -0.800. The number of hydrogen-bond acceptors (Lipinski definition) is 4. The molecule has 0 saturated carbocycles. The first kappa shape index (κ1) is 15.2. The lowest BCUT2D eigenvalue weighted by Gasteiger charge is -1.98. The maximum absolute atomic E-state index is 11.4. The summed E-state index contributed by atoms with van der Waals surface area (Å²) in [5.41, 5.74) is -0.464. The second-order valence-corrected chi connectivity index (χ2v) is 5.43. The van der Waals surface area contributed by atoms with Gasteiger partial charge in [-0.2, -0.15) is 0 Å². The second kappa shape index (κ2) is 8.36. The zero-order chi connectivity index (χ0) is 12.6. The Morgan fingerprint density at radius 2 is 1.88 bits per heavy atom. The largest absolute Gasteiger partial charge is 0.481 e. The van der Waals surface area contributed by atoms with Gasteiger partial charge in [0.05, 0.1) is 12.3 Å². The van der Waals surface area contributed by atoms with E-state index in [1.165, 1.54) is 6.92 Å². The van der Waals surface area contributed by atoms with E-state index in [-0.39, 0.29) is 13.0 Å². The fourth-order valence-corrected chi connectivity index (χ4v) is 2.36. The van der Waals surface area contributed by atoms with Crippen LogP contribution in [0.1, 0.15) is 32.6 Å². The summed E-state index contributed by atoms with van der Waals surface area (Å²) in [7, 11) is -1.95. The second-order valence-electron chi connectivity index (χ2n) is 3.72. The molecule has 2 atom stereocenters. The highest BCUT2D eigenvalue weighted by Crippen LogP contribution is 2.27. The quantitative estimate of drug-likeness (QED) is 0.478. The summed E-state index contributed by atoms with van der Waals surface area (Å²) in [4.78, 5) is 21.8. The zero-order valence-electron chi connectivity index (χ0n) is 9.39. The van der Waals surface area contributed by atoms with Crippen molar-refractivity contribution < 1.29 is 24.4 Å². The summed E-state index contributed by atoms with van der Waals surface area (Å²) in [6, 6.07) is 0. The van der Waals surface area contributed by atoms with Crippen LogP contribution in [0.4, 0.5) is 0 Å². The minimum atomic E-state index is -1.95. The third kappa shape index (κ3) is 6.64. The van der Waals surface area contributed by atoms with Crippen molar-refractivity contribution in [1.82, 2.24) is 0 Å². The average Bonchev–Trinajstić information content (AvgIpc) is 2.23. The minimum absolute atomic E-state index is 0.0980. The predicted octanol–water partition coefficient (Wildman–Crippen LogP) is 1.61. The van der Waals surface area contributed by atoms with Crippen LogP contribution in [-0.4, -0.2) is 34.5 Å². The molecule has 0 aliphatic carbocycles. The number of hydrogen-bond donors (Lipinski definition) is 2. The molecule has 92 valence electrons. The Kier molecular flexibility index (Phi) is 7.95. The summed E-state index contributed by atoms with van der Waals surface area (Å²) in [5, 5.41) is 17.1. The van der Waals surface area contributed by atoms with E-state index in [0.717, 1.165) is 6.42 Å². The molecule has 0 aliphatic heterocycles. The number of aliphatic hydroxyl groups is 1. The maximum atomic E-state index is 11.4. The Morgan fingerprint density at radius 3 is 2.38 bits per heavy atom. The van der Waals surface area contributed by atoms with E-state index in [4.69, 9.17) is 10.2 Å². The van der Waals surface area contributed by atoms with Gasteiger partial charge in [-0.1, -0.05) is 11.5 Å². The van der Waals surface area contributed by atoms with Crippen molar-refractivity contribution >= 4 is 19.3 Å². The van der Waals surface area contributed by atoms with Crippen molar-refractivity contribution in [1.29, 1.82) is 0 Å². The van der Waals surface area contributed by atoms with E-state index in [1.54, 1.807) is 0 Å². The third-order valence-electron chi connectivity index (χ3n) is 2.20. The first-order valence-electron chi connectivity index (χ1n) is 5.30. The number of aliphatic hydroxyl groups excluding tert-OH is 1. The lowest BCUT2D eigenvalue weighted by atomic mass is 10.1. The van der Waals surface area contributed by atoms with Crippen LogP contribution in [0.15, 0.2) is 0 Å². The summed E-state index contributed by atoms with van der Waals surface area (Å²) in [6.07, 6.45) is 2.14. The van der Waals surface area contributed by atoms with Crippen LogP contribution in [0.5, 0.6) is 0 Å². The van der Waals surface area contributed by atoms with E-state index in [0.29, 0.717) is 19.0 Å². The predicted molar refractivity (Wildman–Crippen MR) is 59.8 cm³/mol. The molecule has 0 amide bonds. The van der Waals surface area contributed by atoms with Gasteiger partial charge in [-0.25, -0.2) is 4.79 Å². The number of unbranched alkanes of at least 4 members (excludes halogenated alkanes) is 2. The van der Waals surface area contributed by atoms with Crippen molar-refractivity contribution in [2.75, 3.05) is 12.8 Å². The van der Waals surface area contributed by atoms with E-state index < -0.39 is 25.2 Å². The van der Waals surface area contributed by atoms with Gasteiger partial charge in [0, 0.05) is 6.61 Å². The highest BCUT2D eigenvalue weighted by atomic mass is 31.1. The number of carbonyl (C=O) groups is 2. The van der Waals surface area contributed by atoms with E-state index in [2.05, 4.69) is 0 Å². The van der Waals surface area contributed by atoms with Gasteiger partial charge in [0.25, 0.3) is 0 Å². The van der Waals surface area contributed by atoms with Crippen LogP contribution in [0, 0.1) is 5.92 Å². The van der Waals surface area contributed by atoms with Crippen molar-refractivity contribution in [2.24, 2.45) is 5.92 Å². The summed E-state index contributed by atoms with van der Waals surface area (Å²) in [6.45, 7) is 1.52. The Balaban J connectivity index is 3.82. The van der Waals surface area contributed by atoms with Crippen molar-refractivity contribution in [3.05, 3.63) is 0 Å². The molecular formula is C10H18O5P+. The van der Waals surface area contributed by atoms with Gasteiger partial charge in [-0.05, 0) is 19.3 Å². The fourth-order valence-electron chi connectivity index (χ4n) is 1.12. The summed E-state index contributed by atoms with van der Waals surface area (Å²) >= 11 is 0. The van der Waals surface area contributed by atoms with Crippen molar-refractivity contribution in [2.45, 2.75) is 32.6 Å². The first-order chi connectivity index (χ1) is 7.49. The van der Waals surface area contributed by atoms with Crippen LogP contribution in [0.25, 0.3) is 0 Å². The highest BCUT2D eigenvalue weighted by Gasteiger charge is 2.30. The van der Waals surface area contributed by atoms with Gasteiger partial charge < -0.3 is 10.2 Å². The number of rotatable bonds is 9. The van der Waals surface area contributed by atoms with Crippen LogP contribution >= 0.6 is 7.80 Å². The molecule has 0 aromatic carbocycles. The molecule has 5 nitrogen and oxygen atoms in total. The SMILES string of the molecule is CC(CC(=O)[P+](=O)CCCCCO)C(=O)O. The monoisotopic (exact) mass is 249 g/mol. The topological polar surface area (TPSA) is 91.7 Å². The molecule has 0 radical (unpaired) electrons. The molecule has 6 heteroatoms. The van der Waals surface area contributed by atoms with Gasteiger partial charge in [-0.3, -0.25) is 4.79 Å². The fraction of sp³-hybridized carbons (Fsp3) is 0.800. The number of carbonyl (C=O) groups excluding carboxylic acids is 1. The molecule has 0 saturated heterocycles. The lowest BCUT2D eigenvalue weighted by Crippen LogP contribution is -2.13. The van der Waals surface area contributed by atoms with Crippen molar-refractivity contribution in [3.63, 3.8) is 0 Å². The summed E-state index contributed by atoms with van der Waals surface area (Å²) < 4.78 is 11.4. The van der Waals surface area contributed by atoms with Gasteiger partial charge in [-0.15, -0.1) is 0 Å². The third-order valence-corrected chi connectivity index (χ3v) is 3.66. The average molecular weight is 249 g/mol. The molecule has 0 aromatic heterocycles. The first-order valence-corrected chi connectivity index (χ1v) is 6.74. The lowest BCUT2D eigenvalue weighted by molar-refractivity contribution is -0.142. The Labute approximate surface area is 95.6 Å². The van der Waals surface area contributed by atoms with Crippen molar-refractivity contribution in [3.8, 4) is 0 Å². The molecule has 16 heavy (non-hydrogen) atoms. The van der Waals surface area contributed by atoms with Gasteiger partial charge in [0.15, 0.2) is 6.16 Å². The molecular weight excluding hydrogens is 231 g/mol. The van der Waals surface area contributed by atoms with E-state index in [9.17, 15) is 14.2 Å². The zero-order valence-corrected chi connectivity index (χ0v) is 10.3. The molecule has 0 heterocycles. The molecule has 0 aromatic rings. The molecule has 0 aliphatic rings. The normalized spacial score (nSPS) is 13.2. The number of carboxylic acids is 1. The standard InChI is InChI=1S/C10H17O5P/c1-8(10(13)14)7-9(12)16(15)6-4-2-3-5-11/h8,11H,2-7H2,1H3/p+1. The smallest absolute Gasteiger partial charge is 0.414 e. The highest BCUT2D eigenvalue weighted by molar-refractivity contribution is 7.63. The molecule has 2 N–H and O–H groups in total. The Morgan fingerprint density at radius 1 is 1.25 bits per heavy atom. The van der Waals surface area contributed by atoms with Crippen LogP contribution < -0.4 is 0 Å². The Bertz CT molecular complexity index is 264. The van der Waals surface area contributed by atoms with E-state index in [1.807, 2.05) is 0 Å². The molecule has 0 fully saturated rings. The van der Waals surface area contributed by atoms with Gasteiger partial charge >= 0.3 is 19.3 Å². The van der Waals surface area contributed by atoms with E-state index >= 15 is 0 Å². The number of aliphatic carboxylic acids is 1. The summed E-state index contributed by atoms with van der Waals surface area (Å²) in [5.74, 6) is -1.82. The van der Waals surface area contributed by atoms with Crippen LogP contribution in [0.2, 0.25) is 0 Å². The number of carboxylic acid groups (broad SMARTS) is 1. The molecule has 0 bridgehead atoms.